The quantitative estimate of drug-likeness (QED) is 0.834. The van der Waals surface area contributed by atoms with Crippen LogP contribution in [0.2, 0.25) is 0 Å². The number of hydrogen-bond acceptors (Lipinski definition) is 3. The van der Waals surface area contributed by atoms with Gasteiger partial charge in [0.15, 0.2) is 0 Å². The number of nitrogens with two attached hydrogens (primary N) is 1. The Labute approximate surface area is 123 Å². The van der Waals surface area contributed by atoms with Gasteiger partial charge in [0.05, 0.1) is 11.9 Å². The third kappa shape index (κ3) is 6.16. The molecule has 1 atom stereocenters. The molecule has 1 unspecified atom stereocenters. The predicted molar refractivity (Wildman–Crippen MR) is 82.0 cm³/mol. The zero-order valence-corrected chi connectivity index (χ0v) is 13.5. The minimum atomic E-state index is -0.121. The third-order valence-corrected chi connectivity index (χ3v) is 3.45. The van der Waals surface area contributed by atoms with Gasteiger partial charge in [0.25, 0.3) is 0 Å². The number of carbonyl (C=O) groups excluding carboxylic acids is 1. The summed E-state index contributed by atoms with van der Waals surface area (Å²) < 4.78 is 0.787. The maximum atomic E-state index is 11.9. The van der Waals surface area contributed by atoms with Crippen molar-refractivity contribution in [2.24, 2.45) is 11.1 Å². The van der Waals surface area contributed by atoms with Gasteiger partial charge in [-0.3, -0.25) is 4.79 Å². The van der Waals surface area contributed by atoms with E-state index in [4.69, 9.17) is 5.73 Å². The topological polar surface area (TPSA) is 68.0 Å². The van der Waals surface area contributed by atoms with Gasteiger partial charge >= 0.3 is 0 Å². The van der Waals surface area contributed by atoms with Gasteiger partial charge in [0.2, 0.25) is 5.91 Å². The molecule has 0 aliphatic carbocycles. The highest BCUT2D eigenvalue weighted by molar-refractivity contribution is 9.10. The number of aryl methyl sites for hydroxylation is 1. The van der Waals surface area contributed by atoms with Crippen LogP contribution in [0.25, 0.3) is 0 Å². The van der Waals surface area contributed by atoms with E-state index in [1.165, 1.54) is 0 Å². The largest absolute Gasteiger partial charge is 0.327 e. The molecular weight excluding hydrogens is 306 g/mol. The first kappa shape index (κ1) is 16.1. The zero-order chi connectivity index (χ0) is 14.6. The van der Waals surface area contributed by atoms with Crippen LogP contribution in [0, 0.1) is 12.3 Å². The highest BCUT2D eigenvalue weighted by Crippen LogP contribution is 2.21. The summed E-state index contributed by atoms with van der Waals surface area (Å²) in [6.07, 6.45) is 2.77. The summed E-state index contributed by atoms with van der Waals surface area (Å²) in [6.45, 7) is 8.28. The van der Waals surface area contributed by atoms with Gasteiger partial charge in [0, 0.05) is 12.5 Å². The van der Waals surface area contributed by atoms with Crippen molar-refractivity contribution in [3.63, 3.8) is 0 Å². The van der Waals surface area contributed by atoms with Crippen molar-refractivity contribution in [2.75, 3.05) is 5.32 Å². The fourth-order valence-electron chi connectivity index (χ4n) is 1.94. The molecule has 0 spiro atoms. The summed E-state index contributed by atoms with van der Waals surface area (Å²) >= 11 is 3.33. The number of rotatable bonds is 4. The van der Waals surface area contributed by atoms with Gasteiger partial charge < -0.3 is 11.1 Å². The Morgan fingerprint density at radius 3 is 2.68 bits per heavy atom. The van der Waals surface area contributed by atoms with Crippen molar-refractivity contribution >= 4 is 27.5 Å². The molecule has 0 radical (unpaired) electrons. The number of amides is 1. The molecule has 5 heteroatoms. The van der Waals surface area contributed by atoms with Crippen molar-refractivity contribution in [1.29, 1.82) is 0 Å². The lowest BCUT2D eigenvalue weighted by molar-refractivity contribution is -0.116. The summed E-state index contributed by atoms with van der Waals surface area (Å²) in [5.41, 5.74) is 7.80. The number of anilines is 1. The first-order valence-electron chi connectivity index (χ1n) is 6.35. The Kier molecular flexibility index (Phi) is 5.50. The molecule has 0 aliphatic heterocycles. The average Bonchev–Trinajstić information content (AvgIpc) is 2.20. The van der Waals surface area contributed by atoms with E-state index >= 15 is 0 Å². The van der Waals surface area contributed by atoms with Gasteiger partial charge in [-0.05, 0) is 46.3 Å². The molecule has 0 bridgehead atoms. The first-order chi connectivity index (χ1) is 8.67. The first-order valence-corrected chi connectivity index (χ1v) is 7.14. The van der Waals surface area contributed by atoms with E-state index in [2.05, 4.69) is 47.0 Å². The summed E-state index contributed by atoms with van der Waals surface area (Å²) in [4.78, 5) is 16.0. The zero-order valence-electron chi connectivity index (χ0n) is 12.0. The molecule has 1 aromatic rings. The monoisotopic (exact) mass is 327 g/mol. The van der Waals surface area contributed by atoms with Gasteiger partial charge in [-0.2, -0.15) is 0 Å². The van der Waals surface area contributed by atoms with Crippen molar-refractivity contribution in [2.45, 2.75) is 46.6 Å². The van der Waals surface area contributed by atoms with Crippen molar-refractivity contribution in [3.05, 3.63) is 22.4 Å². The van der Waals surface area contributed by atoms with Crippen LogP contribution in [0.1, 0.15) is 39.2 Å². The van der Waals surface area contributed by atoms with Gasteiger partial charge in [-0.15, -0.1) is 0 Å². The number of aromatic nitrogens is 1. The molecular formula is C14H22BrN3O. The van der Waals surface area contributed by atoms with Crippen LogP contribution in [0.3, 0.4) is 0 Å². The van der Waals surface area contributed by atoms with Crippen molar-refractivity contribution in [3.8, 4) is 0 Å². The Balaban J connectivity index is 2.53. The molecule has 19 heavy (non-hydrogen) atoms. The van der Waals surface area contributed by atoms with Gasteiger partial charge in [0.1, 0.15) is 4.60 Å². The molecule has 0 aliphatic rings. The number of hydrogen-bond donors (Lipinski definition) is 2. The van der Waals surface area contributed by atoms with Crippen LogP contribution >= 0.6 is 15.9 Å². The van der Waals surface area contributed by atoms with E-state index in [1.54, 1.807) is 6.20 Å². The second-order valence-corrected chi connectivity index (χ2v) is 6.86. The normalized spacial score (nSPS) is 13.2. The second kappa shape index (κ2) is 6.48. The van der Waals surface area contributed by atoms with Crippen LogP contribution in [-0.2, 0) is 4.79 Å². The van der Waals surface area contributed by atoms with Crippen molar-refractivity contribution in [1.82, 2.24) is 4.98 Å². The Hall–Kier alpha value is -0.940. The minimum absolute atomic E-state index is 0.0692. The van der Waals surface area contributed by atoms with E-state index in [9.17, 15) is 4.79 Å². The number of carbonyl (C=O) groups is 1. The fraction of sp³-hybridized carbons (Fsp3) is 0.571. The third-order valence-electron chi connectivity index (χ3n) is 2.62. The maximum absolute atomic E-state index is 11.9. The summed E-state index contributed by atoms with van der Waals surface area (Å²) in [7, 11) is 0. The van der Waals surface area contributed by atoms with E-state index in [0.717, 1.165) is 16.6 Å². The Morgan fingerprint density at radius 1 is 1.53 bits per heavy atom. The summed E-state index contributed by atoms with van der Waals surface area (Å²) in [5.74, 6) is -0.0692. The van der Waals surface area contributed by atoms with E-state index in [0.29, 0.717) is 12.1 Å². The van der Waals surface area contributed by atoms with Crippen LogP contribution in [0.4, 0.5) is 5.69 Å². The molecule has 0 aromatic carbocycles. The SMILES string of the molecule is Cc1cc(NC(=O)CC(N)CC(C)(C)C)cnc1Br. The minimum Gasteiger partial charge on any atom is -0.327 e. The van der Waals surface area contributed by atoms with E-state index < -0.39 is 0 Å². The van der Waals surface area contributed by atoms with Crippen LogP contribution in [0.5, 0.6) is 0 Å². The van der Waals surface area contributed by atoms with Crippen LogP contribution < -0.4 is 11.1 Å². The van der Waals surface area contributed by atoms with E-state index in [1.807, 2.05) is 13.0 Å². The Morgan fingerprint density at radius 2 is 2.16 bits per heavy atom. The number of nitrogens with one attached hydrogen (secondary N) is 1. The predicted octanol–water partition coefficient (Wildman–Crippen LogP) is 3.24. The summed E-state index contributed by atoms with van der Waals surface area (Å²) in [5, 5.41) is 2.82. The second-order valence-electron chi connectivity index (χ2n) is 6.11. The lowest BCUT2D eigenvalue weighted by Crippen LogP contribution is -2.31. The molecule has 106 valence electrons. The highest BCUT2D eigenvalue weighted by Gasteiger charge is 2.18. The molecule has 1 aromatic heterocycles. The Bertz CT molecular complexity index is 454. The standard InChI is InChI=1S/C14H22BrN3O/c1-9-5-11(8-17-13(9)15)18-12(19)6-10(16)7-14(2,3)4/h5,8,10H,6-7,16H2,1-4H3,(H,18,19). The molecule has 3 N–H and O–H groups in total. The lowest BCUT2D eigenvalue weighted by atomic mass is 9.87. The molecule has 0 saturated heterocycles. The fourth-order valence-corrected chi connectivity index (χ4v) is 2.15. The number of nitrogens with zero attached hydrogens (tertiary/aromatic N) is 1. The lowest BCUT2D eigenvalue weighted by Gasteiger charge is -2.22. The highest BCUT2D eigenvalue weighted by atomic mass is 79.9. The molecule has 1 amide bonds. The molecule has 0 saturated carbocycles. The molecule has 0 fully saturated rings. The van der Waals surface area contributed by atoms with Crippen LogP contribution in [0.15, 0.2) is 16.9 Å². The molecule has 1 rings (SSSR count). The van der Waals surface area contributed by atoms with E-state index in [-0.39, 0.29) is 17.4 Å². The smallest absolute Gasteiger partial charge is 0.225 e. The molecule has 1 heterocycles. The number of pyridine rings is 1. The maximum Gasteiger partial charge on any atom is 0.225 e. The van der Waals surface area contributed by atoms with Gasteiger partial charge in [-0.1, -0.05) is 20.8 Å². The number of halogens is 1. The molecule has 4 nitrogen and oxygen atoms in total. The van der Waals surface area contributed by atoms with Crippen molar-refractivity contribution < 1.29 is 4.79 Å². The summed E-state index contributed by atoms with van der Waals surface area (Å²) in [6, 6.07) is 1.76. The van der Waals surface area contributed by atoms with Crippen LogP contribution in [-0.4, -0.2) is 16.9 Å². The van der Waals surface area contributed by atoms with Gasteiger partial charge in [-0.25, -0.2) is 4.98 Å². The average molecular weight is 328 g/mol.